The van der Waals surface area contributed by atoms with Gasteiger partial charge in [0.1, 0.15) is 5.75 Å². The molecule has 2 amide bonds. The Labute approximate surface area is 170 Å². The number of nitrogens with one attached hydrogen (secondary N) is 3. The van der Waals surface area contributed by atoms with Gasteiger partial charge in [0.15, 0.2) is 6.61 Å². The number of hydrogen-bond donors (Lipinski definition) is 3. The van der Waals surface area contributed by atoms with Crippen LogP contribution < -0.4 is 20.1 Å². The molecule has 0 saturated heterocycles. The molecule has 2 aromatic carbocycles. The predicted octanol–water partition coefficient (Wildman–Crippen LogP) is 2.66. The van der Waals surface area contributed by atoms with Crippen molar-refractivity contribution < 1.29 is 22.7 Å². The number of carbonyl (C=O) groups is 2. The highest BCUT2D eigenvalue weighted by Gasteiger charge is 2.17. The van der Waals surface area contributed by atoms with Crippen molar-refractivity contribution in [2.45, 2.75) is 38.6 Å². The maximum Gasteiger partial charge on any atom is 0.262 e. The van der Waals surface area contributed by atoms with Crippen molar-refractivity contribution in [2.75, 3.05) is 17.2 Å². The average Bonchev–Trinajstić information content (AvgIpc) is 2.61. The van der Waals surface area contributed by atoms with Crippen LogP contribution >= 0.6 is 0 Å². The Kier molecular flexibility index (Phi) is 7.35. The summed E-state index contributed by atoms with van der Waals surface area (Å²) in [5.74, 6) is -0.121. The van der Waals surface area contributed by atoms with E-state index in [1.807, 2.05) is 0 Å². The molecule has 0 heterocycles. The maximum absolute atomic E-state index is 12.2. The van der Waals surface area contributed by atoms with Crippen LogP contribution in [0.3, 0.4) is 0 Å². The fraction of sp³-hybridized carbons (Fsp3) is 0.300. The van der Waals surface area contributed by atoms with Gasteiger partial charge >= 0.3 is 0 Å². The Hall–Kier alpha value is -2.91. The Balaban J connectivity index is 1.95. The molecule has 0 aliphatic rings. The third-order valence-electron chi connectivity index (χ3n) is 3.70. The zero-order valence-corrected chi connectivity index (χ0v) is 17.6. The van der Waals surface area contributed by atoms with E-state index in [2.05, 4.69) is 15.4 Å². The van der Waals surface area contributed by atoms with Gasteiger partial charge < -0.3 is 15.4 Å². The average molecular weight is 420 g/mol. The SMILES string of the molecule is CC(=O)Nc1ccc(NC(=O)COc2ccc(S(=O)(=O)NC(C)C)cc2C)cc1. The van der Waals surface area contributed by atoms with Gasteiger partial charge in [0.05, 0.1) is 4.90 Å². The van der Waals surface area contributed by atoms with Crippen molar-refractivity contribution in [2.24, 2.45) is 0 Å². The Bertz CT molecular complexity index is 986. The zero-order valence-electron chi connectivity index (χ0n) is 16.8. The lowest BCUT2D eigenvalue weighted by Crippen LogP contribution is -2.30. The molecule has 0 atom stereocenters. The molecule has 2 aromatic rings. The second-order valence-corrected chi connectivity index (χ2v) is 8.51. The highest BCUT2D eigenvalue weighted by Crippen LogP contribution is 2.22. The molecule has 0 aliphatic heterocycles. The summed E-state index contributed by atoms with van der Waals surface area (Å²) in [4.78, 5) is 23.2. The fourth-order valence-corrected chi connectivity index (χ4v) is 3.85. The van der Waals surface area contributed by atoms with Crippen molar-refractivity contribution in [3.8, 4) is 5.75 Å². The van der Waals surface area contributed by atoms with Gasteiger partial charge in [-0.1, -0.05) is 0 Å². The lowest BCUT2D eigenvalue weighted by atomic mass is 10.2. The highest BCUT2D eigenvalue weighted by atomic mass is 32.2. The fourth-order valence-electron chi connectivity index (χ4n) is 2.51. The number of anilines is 2. The number of sulfonamides is 1. The molecule has 0 aliphatic carbocycles. The van der Waals surface area contributed by atoms with Gasteiger partial charge in [0.2, 0.25) is 15.9 Å². The summed E-state index contributed by atoms with van der Waals surface area (Å²) in [5, 5.41) is 5.33. The molecule has 0 fully saturated rings. The molecular weight excluding hydrogens is 394 g/mol. The molecule has 9 heteroatoms. The topological polar surface area (TPSA) is 114 Å². The summed E-state index contributed by atoms with van der Waals surface area (Å²) in [5.41, 5.74) is 1.79. The van der Waals surface area contributed by atoms with Crippen molar-refractivity contribution in [1.29, 1.82) is 0 Å². The second-order valence-electron chi connectivity index (χ2n) is 6.80. The number of ether oxygens (including phenoxy) is 1. The van der Waals surface area contributed by atoms with Crippen LogP contribution in [-0.2, 0) is 19.6 Å². The Morgan fingerprint density at radius 3 is 2.10 bits per heavy atom. The van der Waals surface area contributed by atoms with E-state index in [1.165, 1.54) is 25.1 Å². The predicted molar refractivity (Wildman–Crippen MR) is 112 cm³/mol. The summed E-state index contributed by atoms with van der Waals surface area (Å²) < 4.78 is 32.5. The molecule has 0 saturated carbocycles. The standard InChI is InChI=1S/C20H25N3O5S/c1-13(2)23-29(26,27)18-9-10-19(14(3)11-18)28-12-20(25)22-17-7-5-16(6-8-17)21-15(4)24/h5-11,13,23H,12H2,1-4H3,(H,21,24)(H,22,25). The van der Waals surface area contributed by atoms with Gasteiger partial charge in [-0.25, -0.2) is 13.1 Å². The minimum Gasteiger partial charge on any atom is -0.483 e. The molecule has 0 radical (unpaired) electrons. The summed E-state index contributed by atoms with van der Waals surface area (Å²) in [6.07, 6.45) is 0. The van der Waals surface area contributed by atoms with Gasteiger partial charge in [0.25, 0.3) is 5.91 Å². The summed E-state index contributed by atoms with van der Waals surface area (Å²) in [6, 6.07) is 10.9. The second kappa shape index (κ2) is 9.53. The first-order valence-electron chi connectivity index (χ1n) is 9.00. The quantitative estimate of drug-likeness (QED) is 0.609. The number of amides is 2. The third-order valence-corrected chi connectivity index (χ3v) is 5.35. The van der Waals surface area contributed by atoms with Crippen molar-refractivity contribution in [3.05, 3.63) is 48.0 Å². The summed E-state index contributed by atoms with van der Waals surface area (Å²) >= 11 is 0. The number of benzene rings is 2. The van der Waals surface area contributed by atoms with Crippen LogP contribution in [0.15, 0.2) is 47.4 Å². The molecule has 29 heavy (non-hydrogen) atoms. The van der Waals surface area contributed by atoms with E-state index in [1.54, 1.807) is 45.0 Å². The van der Waals surface area contributed by atoms with Crippen LogP contribution in [-0.4, -0.2) is 32.9 Å². The first-order chi connectivity index (χ1) is 13.6. The van der Waals surface area contributed by atoms with Crippen molar-refractivity contribution in [1.82, 2.24) is 4.72 Å². The minimum absolute atomic E-state index is 0.139. The summed E-state index contributed by atoms with van der Waals surface area (Å²) in [6.45, 7) is 6.38. The van der Waals surface area contributed by atoms with E-state index in [9.17, 15) is 18.0 Å². The normalized spacial score (nSPS) is 11.2. The van der Waals surface area contributed by atoms with E-state index in [0.29, 0.717) is 22.7 Å². The van der Waals surface area contributed by atoms with Crippen LogP contribution in [0.1, 0.15) is 26.3 Å². The molecule has 0 bridgehead atoms. The smallest absolute Gasteiger partial charge is 0.262 e. The monoisotopic (exact) mass is 419 g/mol. The van der Waals surface area contributed by atoms with E-state index in [-0.39, 0.29) is 29.4 Å². The van der Waals surface area contributed by atoms with Crippen LogP contribution in [0, 0.1) is 6.92 Å². The lowest BCUT2D eigenvalue weighted by molar-refractivity contribution is -0.118. The van der Waals surface area contributed by atoms with Gasteiger partial charge in [-0.3, -0.25) is 9.59 Å². The van der Waals surface area contributed by atoms with Gasteiger partial charge in [-0.05, 0) is 68.8 Å². The molecule has 2 rings (SSSR count). The first-order valence-corrected chi connectivity index (χ1v) is 10.5. The largest absolute Gasteiger partial charge is 0.483 e. The summed E-state index contributed by atoms with van der Waals surface area (Å²) in [7, 11) is -3.59. The third kappa shape index (κ3) is 6.88. The number of carbonyl (C=O) groups excluding carboxylic acids is 2. The lowest BCUT2D eigenvalue weighted by Gasteiger charge is -2.13. The Morgan fingerprint density at radius 2 is 1.59 bits per heavy atom. The van der Waals surface area contributed by atoms with Gasteiger partial charge in [0, 0.05) is 24.3 Å². The molecule has 3 N–H and O–H groups in total. The van der Waals surface area contributed by atoms with Crippen molar-refractivity contribution >= 4 is 33.2 Å². The molecule has 156 valence electrons. The first kappa shape index (κ1) is 22.4. The molecule has 0 unspecified atom stereocenters. The van der Waals surface area contributed by atoms with Crippen LogP contribution in [0.25, 0.3) is 0 Å². The van der Waals surface area contributed by atoms with Crippen LogP contribution in [0.4, 0.5) is 11.4 Å². The maximum atomic E-state index is 12.2. The number of rotatable bonds is 8. The van der Waals surface area contributed by atoms with Gasteiger partial charge in [-0.15, -0.1) is 0 Å². The number of aryl methyl sites for hydroxylation is 1. The molecule has 0 aromatic heterocycles. The van der Waals surface area contributed by atoms with E-state index in [4.69, 9.17) is 4.74 Å². The Morgan fingerprint density at radius 1 is 1.00 bits per heavy atom. The molecule has 8 nitrogen and oxygen atoms in total. The van der Waals surface area contributed by atoms with E-state index < -0.39 is 10.0 Å². The molecular formula is C20H25N3O5S. The number of hydrogen-bond acceptors (Lipinski definition) is 5. The van der Waals surface area contributed by atoms with Crippen LogP contribution in [0.2, 0.25) is 0 Å². The zero-order chi connectivity index (χ0) is 21.6. The molecule has 0 spiro atoms. The van der Waals surface area contributed by atoms with E-state index >= 15 is 0 Å². The van der Waals surface area contributed by atoms with Crippen molar-refractivity contribution in [3.63, 3.8) is 0 Å². The van der Waals surface area contributed by atoms with E-state index in [0.717, 1.165) is 0 Å². The van der Waals surface area contributed by atoms with Crippen LogP contribution in [0.5, 0.6) is 5.75 Å². The highest BCUT2D eigenvalue weighted by molar-refractivity contribution is 7.89. The van der Waals surface area contributed by atoms with Gasteiger partial charge in [-0.2, -0.15) is 0 Å². The minimum atomic E-state index is -3.59.